The standard InChI is InChI=1S/C16H19FN2/c1-3-8-19-12(2)13-4-6-14(7-5-13)15-9-16(17)11-18-10-15/h4-7,9-12,19H,3,8H2,1-2H3. The summed E-state index contributed by atoms with van der Waals surface area (Å²) >= 11 is 0. The highest BCUT2D eigenvalue weighted by Crippen LogP contribution is 2.21. The zero-order chi connectivity index (χ0) is 13.7. The molecule has 3 heteroatoms. The van der Waals surface area contributed by atoms with Gasteiger partial charge in [0.2, 0.25) is 0 Å². The first-order valence-corrected chi connectivity index (χ1v) is 6.65. The largest absolute Gasteiger partial charge is 0.310 e. The van der Waals surface area contributed by atoms with Crippen LogP contribution in [-0.2, 0) is 0 Å². The fourth-order valence-corrected chi connectivity index (χ4v) is 2.01. The monoisotopic (exact) mass is 258 g/mol. The summed E-state index contributed by atoms with van der Waals surface area (Å²) in [6.07, 6.45) is 4.02. The van der Waals surface area contributed by atoms with E-state index in [0.29, 0.717) is 6.04 Å². The van der Waals surface area contributed by atoms with Crippen molar-refractivity contribution in [3.05, 3.63) is 54.1 Å². The van der Waals surface area contributed by atoms with Crippen LogP contribution in [-0.4, -0.2) is 11.5 Å². The van der Waals surface area contributed by atoms with E-state index in [-0.39, 0.29) is 5.82 Å². The van der Waals surface area contributed by atoms with Crippen molar-refractivity contribution in [2.75, 3.05) is 6.54 Å². The average molecular weight is 258 g/mol. The zero-order valence-corrected chi connectivity index (χ0v) is 11.4. The molecule has 1 aromatic carbocycles. The number of rotatable bonds is 5. The maximum absolute atomic E-state index is 13.1. The normalized spacial score (nSPS) is 12.4. The summed E-state index contributed by atoms with van der Waals surface area (Å²) in [5.41, 5.74) is 3.03. The molecule has 0 aliphatic rings. The molecule has 1 atom stereocenters. The second kappa shape index (κ2) is 6.43. The topological polar surface area (TPSA) is 24.9 Å². The molecule has 1 unspecified atom stereocenters. The van der Waals surface area contributed by atoms with Crippen LogP contribution in [0.1, 0.15) is 31.9 Å². The molecular weight excluding hydrogens is 239 g/mol. The fourth-order valence-electron chi connectivity index (χ4n) is 2.01. The Morgan fingerprint density at radius 1 is 1.16 bits per heavy atom. The Kier molecular flexibility index (Phi) is 4.63. The number of halogens is 1. The van der Waals surface area contributed by atoms with Gasteiger partial charge in [-0.3, -0.25) is 4.98 Å². The van der Waals surface area contributed by atoms with Crippen molar-refractivity contribution in [2.24, 2.45) is 0 Å². The third-order valence-corrected chi connectivity index (χ3v) is 3.15. The minimum atomic E-state index is -0.306. The van der Waals surface area contributed by atoms with Gasteiger partial charge in [-0.1, -0.05) is 31.2 Å². The molecule has 100 valence electrons. The summed E-state index contributed by atoms with van der Waals surface area (Å²) in [6.45, 7) is 5.31. The maximum atomic E-state index is 13.1. The Labute approximate surface area is 113 Å². The molecule has 0 aliphatic heterocycles. The lowest BCUT2D eigenvalue weighted by Gasteiger charge is -2.14. The van der Waals surface area contributed by atoms with Gasteiger partial charge in [0.05, 0.1) is 6.20 Å². The van der Waals surface area contributed by atoms with Crippen molar-refractivity contribution in [3.63, 3.8) is 0 Å². The second-order valence-electron chi connectivity index (χ2n) is 4.69. The van der Waals surface area contributed by atoms with Crippen molar-refractivity contribution < 1.29 is 4.39 Å². The minimum Gasteiger partial charge on any atom is -0.310 e. The van der Waals surface area contributed by atoms with E-state index < -0.39 is 0 Å². The van der Waals surface area contributed by atoms with Gasteiger partial charge in [0.15, 0.2) is 0 Å². The molecule has 0 aliphatic carbocycles. The summed E-state index contributed by atoms with van der Waals surface area (Å²) < 4.78 is 13.1. The van der Waals surface area contributed by atoms with Crippen molar-refractivity contribution >= 4 is 0 Å². The van der Waals surface area contributed by atoms with E-state index in [4.69, 9.17) is 0 Å². The summed E-state index contributed by atoms with van der Waals surface area (Å²) in [5, 5.41) is 3.44. The molecule has 0 saturated heterocycles. The van der Waals surface area contributed by atoms with Crippen LogP contribution in [0.4, 0.5) is 4.39 Å². The smallest absolute Gasteiger partial charge is 0.142 e. The van der Waals surface area contributed by atoms with Crippen LogP contribution in [0, 0.1) is 5.82 Å². The lowest BCUT2D eigenvalue weighted by atomic mass is 10.0. The highest BCUT2D eigenvalue weighted by atomic mass is 19.1. The Hall–Kier alpha value is -1.74. The van der Waals surface area contributed by atoms with Crippen LogP contribution < -0.4 is 5.32 Å². The lowest BCUT2D eigenvalue weighted by molar-refractivity contribution is 0.571. The van der Waals surface area contributed by atoms with E-state index in [1.165, 1.54) is 17.8 Å². The fraction of sp³-hybridized carbons (Fsp3) is 0.312. The van der Waals surface area contributed by atoms with Crippen LogP contribution >= 0.6 is 0 Å². The molecule has 19 heavy (non-hydrogen) atoms. The number of pyridine rings is 1. The summed E-state index contributed by atoms with van der Waals surface area (Å²) in [4.78, 5) is 3.87. The molecule has 2 nitrogen and oxygen atoms in total. The van der Waals surface area contributed by atoms with Crippen LogP contribution in [0.3, 0.4) is 0 Å². The van der Waals surface area contributed by atoms with Gasteiger partial charge in [0.25, 0.3) is 0 Å². The van der Waals surface area contributed by atoms with E-state index in [1.54, 1.807) is 6.20 Å². The molecule has 0 saturated carbocycles. The molecule has 0 radical (unpaired) electrons. The average Bonchev–Trinajstić information content (AvgIpc) is 2.45. The number of nitrogens with one attached hydrogen (secondary N) is 1. The van der Waals surface area contributed by atoms with Gasteiger partial charge >= 0.3 is 0 Å². The van der Waals surface area contributed by atoms with Crippen molar-refractivity contribution in [1.29, 1.82) is 0 Å². The number of aromatic nitrogens is 1. The summed E-state index contributed by atoms with van der Waals surface area (Å²) in [5.74, 6) is -0.306. The lowest BCUT2D eigenvalue weighted by Crippen LogP contribution is -2.19. The third kappa shape index (κ3) is 3.61. The van der Waals surface area contributed by atoms with E-state index in [9.17, 15) is 4.39 Å². The second-order valence-corrected chi connectivity index (χ2v) is 4.69. The van der Waals surface area contributed by atoms with Crippen LogP contribution in [0.25, 0.3) is 11.1 Å². The zero-order valence-electron chi connectivity index (χ0n) is 11.4. The van der Waals surface area contributed by atoms with Crippen molar-refractivity contribution in [1.82, 2.24) is 10.3 Å². The summed E-state index contributed by atoms with van der Waals surface area (Å²) in [7, 11) is 0. The first-order valence-electron chi connectivity index (χ1n) is 6.65. The van der Waals surface area contributed by atoms with E-state index in [2.05, 4.69) is 36.3 Å². The van der Waals surface area contributed by atoms with Gasteiger partial charge in [-0.05, 0) is 37.1 Å². The van der Waals surface area contributed by atoms with Crippen LogP contribution in [0.5, 0.6) is 0 Å². The van der Waals surface area contributed by atoms with E-state index in [1.807, 2.05) is 12.1 Å². The van der Waals surface area contributed by atoms with Gasteiger partial charge in [-0.15, -0.1) is 0 Å². The highest BCUT2D eigenvalue weighted by Gasteiger charge is 2.05. The van der Waals surface area contributed by atoms with Gasteiger partial charge in [-0.2, -0.15) is 0 Å². The molecule has 0 bridgehead atoms. The molecule has 2 aromatic rings. The molecule has 1 heterocycles. The van der Waals surface area contributed by atoms with Crippen LogP contribution in [0.2, 0.25) is 0 Å². The van der Waals surface area contributed by atoms with Gasteiger partial charge < -0.3 is 5.32 Å². The third-order valence-electron chi connectivity index (χ3n) is 3.15. The SMILES string of the molecule is CCCNC(C)c1ccc(-c2cncc(F)c2)cc1. The summed E-state index contributed by atoms with van der Waals surface area (Å²) in [6, 6.07) is 10.0. The highest BCUT2D eigenvalue weighted by molar-refractivity contribution is 5.62. The minimum absolute atomic E-state index is 0.306. The maximum Gasteiger partial charge on any atom is 0.142 e. The Morgan fingerprint density at radius 3 is 2.53 bits per heavy atom. The van der Waals surface area contributed by atoms with Gasteiger partial charge in [-0.25, -0.2) is 4.39 Å². The Morgan fingerprint density at radius 2 is 1.89 bits per heavy atom. The number of benzene rings is 1. The molecule has 1 aromatic heterocycles. The molecular formula is C16H19FN2. The number of hydrogen-bond donors (Lipinski definition) is 1. The van der Waals surface area contributed by atoms with Gasteiger partial charge in [0, 0.05) is 17.8 Å². The van der Waals surface area contributed by atoms with E-state index >= 15 is 0 Å². The molecule has 1 N–H and O–H groups in total. The van der Waals surface area contributed by atoms with Gasteiger partial charge in [0.1, 0.15) is 5.82 Å². The number of nitrogens with zero attached hydrogens (tertiary/aromatic N) is 1. The Balaban J connectivity index is 2.14. The first-order chi connectivity index (χ1) is 9.20. The van der Waals surface area contributed by atoms with E-state index in [0.717, 1.165) is 24.1 Å². The molecule has 0 spiro atoms. The van der Waals surface area contributed by atoms with Crippen LogP contribution in [0.15, 0.2) is 42.7 Å². The molecule has 0 fully saturated rings. The molecule has 0 amide bonds. The number of hydrogen-bond acceptors (Lipinski definition) is 2. The quantitative estimate of drug-likeness (QED) is 0.878. The van der Waals surface area contributed by atoms with Crippen molar-refractivity contribution in [3.8, 4) is 11.1 Å². The van der Waals surface area contributed by atoms with Crippen molar-refractivity contribution in [2.45, 2.75) is 26.3 Å². The molecule has 2 rings (SSSR count). The first kappa shape index (κ1) is 13.7. The Bertz CT molecular complexity index is 523. The predicted molar refractivity (Wildman–Crippen MR) is 76.3 cm³/mol. The predicted octanol–water partition coefficient (Wildman–Crippen LogP) is 3.95.